The number of ether oxygens (including phenoxy) is 3. The molecule has 8 heteroatoms. The molecule has 0 aromatic heterocycles. The molecule has 0 radical (unpaired) electrons. The van der Waals surface area contributed by atoms with E-state index < -0.39 is 31.1 Å². The molecule has 1 N–H and O–H groups in total. The molecular formula is C18H16ClNO6. The van der Waals surface area contributed by atoms with E-state index in [1.165, 1.54) is 19.2 Å². The Morgan fingerprint density at radius 2 is 1.69 bits per heavy atom. The number of halogens is 1. The molecule has 2 aromatic carbocycles. The van der Waals surface area contributed by atoms with E-state index in [0.717, 1.165) is 0 Å². The Balaban J connectivity index is 1.83. The van der Waals surface area contributed by atoms with Gasteiger partial charge >= 0.3 is 11.9 Å². The third-order valence-corrected chi connectivity index (χ3v) is 3.47. The van der Waals surface area contributed by atoms with E-state index in [0.29, 0.717) is 10.8 Å². The molecule has 2 aromatic rings. The lowest BCUT2D eigenvalue weighted by atomic mass is 10.2. The first-order valence-corrected chi connectivity index (χ1v) is 7.89. The zero-order valence-corrected chi connectivity index (χ0v) is 14.6. The second-order valence-electron chi connectivity index (χ2n) is 4.97. The Morgan fingerprint density at radius 1 is 1.00 bits per heavy atom. The largest absolute Gasteiger partial charge is 0.480 e. The summed E-state index contributed by atoms with van der Waals surface area (Å²) >= 11 is 5.90. The summed E-state index contributed by atoms with van der Waals surface area (Å²) in [4.78, 5) is 35.2. The molecule has 0 aliphatic carbocycles. The molecule has 7 nitrogen and oxygen atoms in total. The summed E-state index contributed by atoms with van der Waals surface area (Å²) in [6.07, 6.45) is 0. The molecule has 0 unspecified atom stereocenters. The van der Waals surface area contributed by atoms with Crippen molar-refractivity contribution in [3.8, 4) is 5.75 Å². The summed E-state index contributed by atoms with van der Waals surface area (Å²) in [5.41, 5.74) is 0.449. The highest BCUT2D eigenvalue weighted by Crippen LogP contribution is 2.22. The van der Waals surface area contributed by atoms with Crippen LogP contribution in [0.2, 0.25) is 5.02 Å². The predicted molar refractivity (Wildman–Crippen MR) is 94.3 cm³/mol. The molecule has 0 saturated heterocycles. The van der Waals surface area contributed by atoms with Gasteiger partial charge in [0.15, 0.2) is 13.2 Å². The first-order valence-electron chi connectivity index (χ1n) is 7.51. The van der Waals surface area contributed by atoms with Crippen molar-refractivity contribution in [1.82, 2.24) is 0 Å². The number of benzene rings is 2. The lowest BCUT2D eigenvalue weighted by Gasteiger charge is -2.10. The Kier molecular flexibility index (Phi) is 6.99. The number of amides is 1. The van der Waals surface area contributed by atoms with Crippen molar-refractivity contribution < 1.29 is 28.6 Å². The van der Waals surface area contributed by atoms with Gasteiger partial charge in [0, 0.05) is 0 Å². The second-order valence-corrected chi connectivity index (χ2v) is 5.37. The van der Waals surface area contributed by atoms with Gasteiger partial charge in [0.1, 0.15) is 5.75 Å². The molecule has 0 spiro atoms. The van der Waals surface area contributed by atoms with Crippen molar-refractivity contribution in [1.29, 1.82) is 0 Å². The van der Waals surface area contributed by atoms with Crippen LogP contribution in [0.3, 0.4) is 0 Å². The third-order valence-electron chi connectivity index (χ3n) is 3.15. The minimum absolute atomic E-state index is 0.191. The fourth-order valence-electron chi connectivity index (χ4n) is 1.95. The van der Waals surface area contributed by atoms with Gasteiger partial charge in [0.2, 0.25) is 0 Å². The number of carbonyl (C=O) groups excluding carboxylic acids is 3. The van der Waals surface area contributed by atoms with Crippen LogP contribution in [0.5, 0.6) is 5.75 Å². The van der Waals surface area contributed by atoms with Crippen LogP contribution in [-0.2, 0) is 19.1 Å². The van der Waals surface area contributed by atoms with Crippen molar-refractivity contribution in [2.24, 2.45) is 0 Å². The van der Waals surface area contributed by atoms with E-state index in [1.807, 2.05) is 0 Å². The van der Waals surface area contributed by atoms with Gasteiger partial charge in [-0.2, -0.15) is 0 Å². The van der Waals surface area contributed by atoms with E-state index in [2.05, 4.69) is 10.1 Å². The van der Waals surface area contributed by atoms with Gasteiger partial charge in [-0.05, 0) is 24.3 Å². The highest BCUT2D eigenvalue weighted by molar-refractivity contribution is 6.32. The summed E-state index contributed by atoms with van der Waals surface area (Å²) in [7, 11) is 1.24. The van der Waals surface area contributed by atoms with E-state index in [1.54, 1.807) is 36.4 Å². The zero-order valence-electron chi connectivity index (χ0n) is 13.9. The highest BCUT2D eigenvalue weighted by atomic mass is 35.5. The first-order chi connectivity index (χ1) is 12.5. The van der Waals surface area contributed by atoms with Crippen LogP contribution in [-0.4, -0.2) is 38.2 Å². The Morgan fingerprint density at radius 3 is 2.42 bits per heavy atom. The van der Waals surface area contributed by atoms with E-state index >= 15 is 0 Å². The maximum absolute atomic E-state index is 11.9. The molecule has 0 aliphatic heterocycles. The summed E-state index contributed by atoms with van der Waals surface area (Å²) in [6, 6.07) is 13.0. The normalized spacial score (nSPS) is 9.92. The average Bonchev–Trinajstić information content (AvgIpc) is 2.65. The van der Waals surface area contributed by atoms with Crippen LogP contribution in [0, 0.1) is 0 Å². The van der Waals surface area contributed by atoms with Crippen LogP contribution < -0.4 is 10.1 Å². The van der Waals surface area contributed by atoms with E-state index in [-0.39, 0.29) is 11.3 Å². The first kappa shape index (κ1) is 19.3. The zero-order chi connectivity index (χ0) is 18.9. The number of nitrogens with one attached hydrogen (secondary N) is 1. The molecule has 26 heavy (non-hydrogen) atoms. The highest BCUT2D eigenvalue weighted by Gasteiger charge is 2.14. The van der Waals surface area contributed by atoms with Crippen molar-refractivity contribution in [3.63, 3.8) is 0 Å². The van der Waals surface area contributed by atoms with Gasteiger partial charge in [-0.15, -0.1) is 0 Å². The van der Waals surface area contributed by atoms with Crippen molar-refractivity contribution in [2.75, 3.05) is 25.6 Å². The monoisotopic (exact) mass is 377 g/mol. The van der Waals surface area contributed by atoms with Crippen LogP contribution in [0.1, 0.15) is 10.4 Å². The number of rotatable bonds is 7. The smallest absolute Gasteiger partial charge is 0.344 e. The SMILES string of the molecule is COC(=O)c1ccccc1NC(=O)COC(=O)COc1ccccc1Cl. The molecule has 0 bridgehead atoms. The second kappa shape index (κ2) is 9.43. The Bertz CT molecular complexity index is 808. The number of methoxy groups -OCH3 is 1. The Labute approximate surface area is 154 Å². The average molecular weight is 378 g/mol. The maximum Gasteiger partial charge on any atom is 0.344 e. The lowest BCUT2D eigenvalue weighted by molar-refractivity contribution is -0.149. The molecule has 136 valence electrons. The van der Waals surface area contributed by atoms with Gasteiger partial charge < -0.3 is 19.5 Å². The molecule has 0 atom stereocenters. The minimum Gasteiger partial charge on any atom is -0.480 e. The van der Waals surface area contributed by atoms with Crippen molar-refractivity contribution in [3.05, 3.63) is 59.1 Å². The summed E-state index contributed by atoms with van der Waals surface area (Å²) in [5, 5.41) is 2.84. The van der Waals surface area contributed by atoms with Gasteiger partial charge in [-0.3, -0.25) is 4.79 Å². The minimum atomic E-state index is -0.735. The van der Waals surface area contributed by atoms with Crippen LogP contribution in [0.25, 0.3) is 0 Å². The Hall–Kier alpha value is -3.06. The standard InChI is InChI=1S/C18H16ClNO6/c1-24-18(23)12-6-2-4-8-14(12)20-16(21)10-26-17(22)11-25-15-9-5-3-7-13(15)19/h2-9H,10-11H2,1H3,(H,20,21). The van der Waals surface area contributed by atoms with Gasteiger partial charge in [-0.25, -0.2) is 9.59 Å². The summed E-state index contributed by atoms with van der Waals surface area (Å²) < 4.78 is 14.7. The maximum atomic E-state index is 11.9. The number of hydrogen-bond donors (Lipinski definition) is 1. The van der Waals surface area contributed by atoms with Gasteiger partial charge in [0.25, 0.3) is 5.91 Å². The predicted octanol–water partition coefficient (Wildman–Crippen LogP) is 2.69. The van der Waals surface area contributed by atoms with Gasteiger partial charge in [0.05, 0.1) is 23.4 Å². The fourth-order valence-corrected chi connectivity index (χ4v) is 2.14. The molecular weight excluding hydrogens is 362 g/mol. The summed E-state index contributed by atoms with van der Waals surface area (Å²) in [5.74, 6) is -1.60. The van der Waals surface area contributed by atoms with Crippen LogP contribution in [0.15, 0.2) is 48.5 Å². The lowest BCUT2D eigenvalue weighted by Crippen LogP contribution is -2.24. The molecule has 0 aliphatic rings. The van der Waals surface area contributed by atoms with Gasteiger partial charge in [-0.1, -0.05) is 35.9 Å². The number of esters is 2. The number of hydrogen-bond acceptors (Lipinski definition) is 6. The molecule has 1 amide bonds. The van der Waals surface area contributed by atoms with Crippen LogP contribution in [0.4, 0.5) is 5.69 Å². The van der Waals surface area contributed by atoms with Crippen molar-refractivity contribution in [2.45, 2.75) is 0 Å². The molecule has 2 rings (SSSR count). The van der Waals surface area contributed by atoms with E-state index in [9.17, 15) is 14.4 Å². The molecule has 0 fully saturated rings. The quantitative estimate of drug-likeness (QED) is 0.746. The third kappa shape index (κ3) is 5.49. The van der Waals surface area contributed by atoms with E-state index in [4.69, 9.17) is 21.1 Å². The van der Waals surface area contributed by atoms with Crippen molar-refractivity contribution >= 4 is 35.1 Å². The van der Waals surface area contributed by atoms with Crippen LogP contribution >= 0.6 is 11.6 Å². The number of para-hydroxylation sites is 2. The molecule has 0 saturated carbocycles. The summed E-state index contributed by atoms with van der Waals surface area (Å²) in [6.45, 7) is -0.921. The fraction of sp³-hybridized carbons (Fsp3) is 0.167. The topological polar surface area (TPSA) is 90.9 Å². The number of anilines is 1. The molecule has 0 heterocycles. The number of carbonyl (C=O) groups is 3.